The lowest BCUT2D eigenvalue weighted by atomic mass is 10.00. The van der Waals surface area contributed by atoms with Crippen molar-refractivity contribution in [2.24, 2.45) is 5.10 Å². The van der Waals surface area contributed by atoms with E-state index in [1.54, 1.807) is 73.1 Å². The number of hydrogen-bond acceptors (Lipinski definition) is 5. The molecule has 0 saturated heterocycles. The van der Waals surface area contributed by atoms with Gasteiger partial charge in [-0.2, -0.15) is 17.9 Å². The van der Waals surface area contributed by atoms with Crippen molar-refractivity contribution in [1.29, 1.82) is 0 Å². The molecule has 0 radical (unpaired) electrons. The molecule has 27 heavy (non-hydrogen) atoms. The first-order chi connectivity index (χ1) is 13.1. The van der Waals surface area contributed by atoms with Crippen LogP contribution in [0.1, 0.15) is 23.6 Å². The molecule has 0 fully saturated rings. The summed E-state index contributed by atoms with van der Waals surface area (Å²) >= 11 is 0. The highest BCUT2D eigenvalue weighted by atomic mass is 32.2. The van der Waals surface area contributed by atoms with E-state index in [1.807, 2.05) is 6.07 Å². The van der Waals surface area contributed by atoms with Crippen LogP contribution in [-0.4, -0.2) is 28.6 Å². The van der Waals surface area contributed by atoms with Crippen molar-refractivity contribution in [3.63, 3.8) is 0 Å². The Kier molecular flexibility index (Phi) is 4.37. The topological polar surface area (TPSA) is 82.9 Å². The Balaban J connectivity index is 1.83. The van der Waals surface area contributed by atoms with Crippen LogP contribution in [0.2, 0.25) is 0 Å². The number of phenols is 1. The van der Waals surface area contributed by atoms with Crippen LogP contribution in [0.15, 0.2) is 89.1 Å². The molecule has 0 saturated carbocycles. The number of pyridine rings is 1. The molecule has 1 N–H and O–H groups in total. The molecular formula is C20H17N3O3S. The zero-order valence-electron chi connectivity index (χ0n) is 14.3. The summed E-state index contributed by atoms with van der Waals surface area (Å²) in [6.45, 7) is 0. The molecular weight excluding hydrogens is 362 g/mol. The Labute approximate surface area is 157 Å². The number of phenolic OH excluding ortho intramolecular Hbond substituents is 1. The van der Waals surface area contributed by atoms with Crippen molar-refractivity contribution in [1.82, 2.24) is 9.40 Å². The maximum Gasteiger partial charge on any atom is 0.279 e. The SMILES string of the molecule is O=S(=O)(c1ccccc1)N1N=C(c2ccccc2O)CC1c1cccnc1. The van der Waals surface area contributed by atoms with Crippen LogP contribution >= 0.6 is 0 Å². The predicted octanol–water partition coefficient (Wildman–Crippen LogP) is 3.33. The van der Waals surface area contributed by atoms with Gasteiger partial charge in [0.2, 0.25) is 0 Å². The molecule has 136 valence electrons. The Bertz CT molecular complexity index is 1080. The fourth-order valence-corrected chi connectivity index (χ4v) is 4.57. The zero-order chi connectivity index (χ0) is 18.9. The maximum absolute atomic E-state index is 13.2. The van der Waals surface area contributed by atoms with Gasteiger partial charge in [-0.15, -0.1) is 0 Å². The van der Waals surface area contributed by atoms with Gasteiger partial charge in [-0.1, -0.05) is 36.4 Å². The lowest BCUT2D eigenvalue weighted by molar-refractivity contribution is 0.371. The highest BCUT2D eigenvalue weighted by molar-refractivity contribution is 7.89. The number of para-hydroxylation sites is 1. The molecule has 4 rings (SSSR count). The molecule has 6 nitrogen and oxygen atoms in total. The molecule has 0 bridgehead atoms. The van der Waals surface area contributed by atoms with Crippen LogP contribution < -0.4 is 0 Å². The first-order valence-corrected chi connectivity index (χ1v) is 9.86. The van der Waals surface area contributed by atoms with Crippen LogP contribution in [0.3, 0.4) is 0 Å². The van der Waals surface area contributed by atoms with Gasteiger partial charge in [0, 0.05) is 24.4 Å². The van der Waals surface area contributed by atoms with Gasteiger partial charge in [0.25, 0.3) is 10.0 Å². The quantitative estimate of drug-likeness (QED) is 0.754. The predicted molar refractivity (Wildman–Crippen MR) is 102 cm³/mol. The second-order valence-corrected chi connectivity index (χ2v) is 7.96. The monoisotopic (exact) mass is 379 g/mol. The van der Waals surface area contributed by atoms with Gasteiger partial charge in [-0.25, -0.2) is 0 Å². The highest BCUT2D eigenvalue weighted by Gasteiger charge is 2.38. The van der Waals surface area contributed by atoms with Crippen LogP contribution in [0, 0.1) is 0 Å². The Morgan fingerprint density at radius 3 is 2.41 bits per heavy atom. The number of nitrogens with zero attached hydrogens (tertiary/aromatic N) is 3. The summed E-state index contributed by atoms with van der Waals surface area (Å²) in [5, 5.41) is 14.6. The van der Waals surface area contributed by atoms with E-state index in [9.17, 15) is 13.5 Å². The van der Waals surface area contributed by atoms with Gasteiger partial charge in [-0.05, 0) is 35.9 Å². The number of rotatable bonds is 4. The molecule has 2 heterocycles. The Morgan fingerprint density at radius 1 is 0.963 bits per heavy atom. The molecule has 1 unspecified atom stereocenters. The number of sulfonamides is 1. The summed E-state index contributed by atoms with van der Waals surface area (Å²) < 4.78 is 27.6. The van der Waals surface area contributed by atoms with Crippen LogP contribution in [0.5, 0.6) is 5.75 Å². The molecule has 1 aliphatic rings. The van der Waals surface area contributed by atoms with Crippen molar-refractivity contribution in [3.05, 3.63) is 90.3 Å². The van der Waals surface area contributed by atoms with Gasteiger partial charge >= 0.3 is 0 Å². The first kappa shape index (κ1) is 17.2. The Hall–Kier alpha value is -3.19. The smallest absolute Gasteiger partial charge is 0.279 e. The lowest BCUT2D eigenvalue weighted by Crippen LogP contribution is -2.27. The molecule has 0 aliphatic carbocycles. The van der Waals surface area contributed by atoms with Gasteiger partial charge in [-0.3, -0.25) is 4.98 Å². The summed E-state index contributed by atoms with van der Waals surface area (Å²) in [5.74, 6) is 0.0696. The van der Waals surface area contributed by atoms with E-state index in [2.05, 4.69) is 10.1 Å². The van der Waals surface area contributed by atoms with E-state index < -0.39 is 16.1 Å². The molecule has 1 aliphatic heterocycles. The largest absolute Gasteiger partial charge is 0.507 e. The molecule has 1 atom stereocenters. The Morgan fingerprint density at radius 2 is 1.70 bits per heavy atom. The molecule has 0 amide bonds. The number of hydrogen-bond donors (Lipinski definition) is 1. The molecule has 0 spiro atoms. The fourth-order valence-electron chi connectivity index (χ4n) is 3.11. The second-order valence-electron chi connectivity index (χ2n) is 6.16. The van der Waals surface area contributed by atoms with Crippen LogP contribution in [0.4, 0.5) is 0 Å². The molecule has 3 aromatic rings. The third-order valence-corrected chi connectivity index (χ3v) is 6.14. The van der Waals surface area contributed by atoms with Crippen LogP contribution in [0.25, 0.3) is 0 Å². The normalized spacial score (nSPS) is 17.0. The third-order valence-electron chi connectivity index (χ3n) is 4.44. The summed E-state index contributed by atoms with van der Waals surface area (Å²) in [7, 11) is -3.85. The minimum atomic E-state index is -3.85. The van der Waals surface area contributed by atoms with Crippen molar-refractivity contribution in [3.8, 4) is 5.75 Å². The van der Waals surface area contributed by atoms with Crippen LogP contribution in [-0.2, 0) is 10.0 Å². The van der Waals surface area contributed by atoms with Crippen molar-refractivity contribution in [2.45, 2.75) is 17.4 Å². The van der Waals surface area contributed by atoms with E-state index in [-0.39, 0.29) is 10.6 Å². The van der Waals surface area contributed by atoms with E-state index >= 15 is 0 Å². The van der Waals surface area contributed by atoms with E-state index in [4.69, 9.17) is 0 Å². The lowest BCUT2D eigenvalue weighted by Gasteiger charge is -2.23. The third kappa shape index (κ3) is 3.17. The summed E-state index contributed by atoms with van der Waals surface area (Å²) in [6, 6.07) is 18.1. The molecule has 7 heteroatoms. The number of aromatic hydroxyl groups is 1. The summed E-state index contributed by atoms with van der Waals surface area (Å²) in [5.41, 5.74) is 1.78. The van der Waals surface area contributed by atoms with E-state index in [0.717, 1.165) is 9.98 Å². The maximum atomic E-state index is 13.2. The van der Waals surface area contributed by atoms with E-state index in [0.29, 0.717) is 17.7 Å². The number of aromatic nitrogens is 1. The summed E-state index contributed by atoms with van der Waals surface area (Å²) in [6.07, 6.45) is 3.62. The average Bonchev–Trinajstić information content (AvgIpc) is 3.16. The molecule has 1 aromatic heterocycles. The molecule has 2 aromatic carbocycles. The van der Waals surface area contributed by atoms with Crippen molar-refractivity contribution in [2.75, 3.05) is 0 Å². The van der Waals surface area contributed by atoms with Gasteiger partial charge < -0.3 is 5.11 Å². The minimum absolute atomic E-state index is 0.0696. The number of hydrazone groups is 1. The van der Waals surface area contributed by atoms with Gasteiger partial charge in [0.1, 0.15) is 5.75 Å². The minimum Gasteiger partial charge on any atom is -0.507 e. The van der Waals surface area contributed by atoms with E-state index in [1.165, 1.54) is 0 Å². The van der Waals surface area contributed by atoms with Gasteiger partial charge in [0.05, 0.1) is 16.6 Å². The van der Waals surface area contributed by atoms with Gasteiger partial charge in [0.15, 0.2) is 0 Å². The van der Waals surface area contributed by atoms with Crippen molar-refractivity contribution < 1.29 is 13.5 Å². The standard InChI is InChI=1S/C20H17N3O3S/c24-20-11-5-4-10-17(20)18-13-19(15-7-6-12-21-14-15)23(22-18)27(25,26)16-8-2-1-3-9-16/h1-12,14,19,24H,13H2. The second kappa shape index (κ2) is 6.85. The fraction of sp³-hybridized carbons (Fsp3) is 0.100. The first-order valence-electron chi connectivity index (χ1n) is 8.42. The zero-order valence-corrected chi connectivity index (χ0v) is 15.1. The highest BCUT2D eigenvalue weighted by Crippen LogP contribution is 2.38. The number of benzene rings is 2. The summed E-state index contributed by atoms with van der Waals surface area (Å²) in [4.78, 5) is 4.28. The average molecular weight is 379 g/mol. The van der Waals surface area contributed by atoms with Crippen molar-refractivity contribution >= 4 is 15.7 Å².